The summed E-state index contributed by atoms with van der Waals surface area (Å²) < 4.78 is 34.4. The molecule has 5 heteroatoms. The molecule has 0 spiro atoms. The third-order valence-corrected chi connectivity index (χ3v) is 3.77. The maximum absolute atomic E-state index is 14.3. The van der Waals surface area contributed by atoms with E-state index in [1.165, 1.54) is 12.1 Å². The van der Waals surface area contributed by atoms with Gasteiger partial charge in [-0.05, 0) is 47.4 Å². The van der Waals surface area contributed by atoms with E-state index >= 15 is 0 Å². The first-order valence-corrected chi connectivity index (χ1v) is 7.71. The van der Waals surface area contributed by atoms with Crippen LogP contribution in [0.25, 0.3) is 0 Å². The van der Waals surface area contributed by atoms with Crippen LogP contribution in [0.2, 0.25) is 0 Å². The first kappa shape index (κ1) is 17.5. The van der Waals surface area contributed by atoms with Crippen molar-refractivity contribution >= 4 is 15.9 Å². The first-order chi connectivity index (χ1) is 9.43. The van der Waals surface area contributed by atoms with Crippen molar-refractivity contribution in [2.45, 2.75) is 39.8 Å². The molecule has 2 unspecified atom stereocenters. The highest BCUT2D eigenvalue weighted by Crippen LogP contribution is 2.32. The third-order valence-electron chi connectivity index (χ3n) is 3.16. The topological polar surface area (TPSA) is 21.3 Å². The molecule has 1 N–H and O–H groups in total. The van der Waals surface area contributed by atoms with Crippen LogP contribution in [0.15, 0.2) is 16.6 Å². The highest BCUT2D eigenvalue weighted by Gasteiger charge is 2.31. The van der Waals surface area contributed by atoms with Gasteiger partial charge in [0.1, 0.15) is 11.6 Å². The van der Waals surface area contributed by atoms with E-state index in [1.54, 1.807) is 0 Å². The normalized spacial score (nSPS) is 14.6. The molecular formula is C15H22BrF2NO. The van der Waals surface area contributed by atoms with Gasteiger partial charge in [0, 0.05) is 12.2 Å². The van der Waals surface area contributed by atoms with Crippen molar-refractivity contribution in [1.82, 2.24) is 5.32 Å². The predicted octanol–water partition coefficient (Wildman–Crippen LogP) is 4.44. The fourth-order valence-electron chi connectivity index (χ4n) is 2.30. The van der Waals surface area contributed by atoms with Gasteiger partial charge in [-0.3, -0.25) is 0 Å². The molecule has 0 amide bonds. The number of nitrogens with one attached hydrogen (secondary N) is 1. The number of likely N-dealkylation sites (N-methyl/N-ethyl adjacent to an activating group) is 1. The maximum atomic E-state index is 14.3. The van der Waals surface area contributed by atoms with Gasteiger partial charge in [0.05, 0.1) is 16.6 Å². The Morgan fingerprint density at radius 3 is 2.40 bits per heavy atom. The Kier molecular flexibility index (Phi) is 7.06. The van der Waals surface area contributed by atoms with E-state index in [0.717, 1.165) is 0 Å². The number of ether oxygens (including phenoxy) is 1. The Balaban J connectivity index is 3.28. The Labute approximate surface area is 128 Å². The van der Waals surface area contributed by atoms with Crippen molar-refractivity contribution in [1.29, 1.82) is 0 Å². The molecule has 0 aliphatic heterocycles. The zero-order valence-corrected chi connectivity index (χ0v) is 13.9. The molecular weight excluding hydrogens is 328 g/mol. The zero-order chi connectivity index (χ0) is 15.3. The standard InChI is InChI=1S/C15H22BrF2NO/c1-5-19-14(15(9(3)4)20-6-2)12-11(17)8-7-10(16)13(12)18/h7-9,14-15,19H,5-6H2,1-4H3. The van der Waals surface area contributed by atoms with Crippen molar-refractivity contribution in [2.75, 3.05) is 13.2 Å². The minimum Gasteiger partial charge on any atom is -0.376 e. The highest BCUT2D eigenvalue weighted by atomic mass is 79.9. The molecule has 0 aliphatic rings. The Morgan fingerprint density at radius 1 is 1.25 bits per heavy atom. The minimum atomic E-state index is -0.568. The van der Waals surface area contributed by atoms with Gasteiger partial charge < -0.3 is 10.1 Å². The molecule has 0 saturated heterocycles. The maximum Gasteiger partial charge on any atom is 0.145 e. The van der Waals surface area contributed by atoms with Crippen molar-refractivity contribution in [3.8, 4) is 0 Å². The Bertz CT molecular complexity index is 440. The van der Waals surface area contributed by atoms with Crippen LogP contribution in [0, 0.1) is 17.6 Å². The summed E-state index contributed by atoms with van der Waals surface area (Å²) in [6.45, 7) is 8.86. The minimum absolute atomic E-state index is 0.0355. The molecule has 1 aromatic carbocycles. The molecule has 0 heterocycles. The average Bonchev–Trinajstić information content (AvgIpc) is 2.39. The number of hydrogen-bond donors (Lipinski definition) is 1. The average molecular weight is 350 g/mol. The van der Waals surface area contributed by atoms with Gasteiger partial charge in [0.15, 0.2) is 0 Å². The molecule has 114 valence electrons. The van der Waals surface area contributed by atoms with E-state index in [0.29, 0.717) is 13.2 Å². The summed E-state index contributed by atoms with van der Waals surface area (Å²) >= 11 is 3.11. The third kappa shape index (κ3) is 3.99. The lowest BCUT2D eigenvalue weighted by Gasteiger charge is -2.31. The second kappa shape index (κ2) is 8.05. The van der Waals surface area contributed by atoms with Crippen LogP contribution in [0.5, 0.6) is 0 Å². The van der Waals surface area contributed by atoms with Crippen molar-refractivity contribution in [2.24, 2.45) is 5.92 Å². The van der Waals surface area contributed by atoms with Crippen LogP contribution in [-0.4, -0.2) is 19.3 Å². The molecule has 2 atom stereocenters. The predicted molar refractivity (Wildman–Crippen MR) is 80.7 cm³/mol. The van der Waals surface area contributed by atoms with E-state index in [9.17, 15) is 8.78 Å². The van der Waals surface area contributed by atoms with Gasteiger partial charge in [0.2, 0.25) is 0 Å². The molecule has 20 heavy (non-hydrogen) atoms. The van der Waals surface area contributed by atoms with E-state index < -0.39 is 17.7 Å². The van der Waals surface area contributed by atoms with Crippen LogP contribution in [0.1, 0.15) is 39.3 Å². The zero-order valence-electron chi connectivity index (χ0n) is 12.3. The summed E-state index contributed by atoms with van der Waals surface area (Å²) in [5.41, 5.74) is 0.0355. The van der Waals surface area contributed by atoms with E-state index in [4.69, 9.17) is 4.74 Å². The summed E-state index contributed by atoms with van der Waals surface area (Å²) in [7, 11) is 0. The number of hydrogen-bond acceptors (Lipinski definition) is 2. The summed E-state index contributed by atoms with van der Waals surface area (Å²) in [5, 5.41) is 3.15. The number of rotatable bonds is 7. The second-order valence-electron chi connectivity index (χ2n) is 4.96. The van der Waals surface area contributed by atoms with E-state index in [-0.39, 0.29) is 22.1 Å². The number of halogens is 3. The van der Waals surface area contributed by atoms with E-state index in [2.05, 4.69) is 21.2 Å². The van der Waals surface area contributed by atoms with Gasteiger partial charge in [-0.2, -0.15) is 0 Å². The first-order valence-electron chi connectivity index (χ1n) is 6.92. The molecule has 2 nitrogen and oxygen atoms in total. The number of benzene rings is 1. The summed E-state index contributed by atoms with van der Waals surface area (Å²) in [6.07, 6.45) is -0.293. The molecule has 0 radical (unpaired) electrons. The van der Waals surface area contributed by atoms with Crippen molar-refractivity contribution in [3.63, 3.8) is 0 Å². The van der Waals surface area contributed by atoms with Crippen LogP contribution < -0.4 is 5.32 Å². The van der Waals surface area contributed by atoms with Crippen LogP contribution in [-0.2, 0) is 4.74 Å². The Hall–Kier alpha value is -0.520. The summed E-state index contributed by atoms with van der Waals surface area (Å²) in [4.78, 5) is 0. The summed E-state index contributed by atoms with van der Waals surface area (Å²) in [5.74, 6) is -0.986. The van der Waals surface area contributed by atoms with Gasteiger partial charge in [-0.25, -0.2) is 8.78 Å². The lowest BCUT2D eigenvalue weighted by Crippen LogP contribution is -2.38. The molecule has 0 bridgehead atoms. The SMILES string of the molecule is CCNC(c1c(F)ccc(Br)c1F)C(OCC)C(C)C. The van der Waals surface area contributed by atoms with Crippen molar-refractivity contribution < 1.29 is 13.5 Å². The quantitative estimate of drug-likeness (QED) is 0.734. The van der Waals surface area contributed by atoms with Gasteiger partial charge in [-0.15, -0.1) is 0 Å². The molecule has 0 saturated carbocycles. The van der Waals surface area contributed by atoms with Gasteiger partial charge in [0.25, 0.3) is 0 Å². The molecule has 1 rings (SSSR count). The fraction of sp³-hybridized carbons (Fsp3) is 0.600. The molecule has 0 aliphatic carbocycles. The molecule has 0 aromatic heterocycles. The molecule has 0 fully saturated rings. The highest BCUT2D eigenvalue weighted by molar-refractivity contribution is 9.10. The summed E-state index contributed by atoms with van der Waals surface area (Å²) in [6, 6.07) is 2.13. The smallest absolute Gasteiger partial charge is 0.145 e. The lowest BCUT2D eigenvalue weighted by molar-refractivity contribution is 0.00147. The van der Waals surface area contributed by atoms with Gasteiger partial charge in [-0.1, -0.05) is 20.8 Å². The van der Waals surface area contributed by atoms with Crippen LogP contribution in [0.3, 0.4) is 0 Å². The van der Waals surface area contributed by atoms with Crippen LogP contribution >= 0.6 is 15.9 Å². The van der Waals surface area contributed by atoms with Crippen LogP contribution in [0.4, 0.5) is 8.78 Å². The van der Waals surface area contributed by atoms with Crippen molar-refractivity contribution in [3.05, 3.63) is 33.8 Å². The molecule has 1 aromatic rings. The largest absolute Gasteiger partial charge is 0.376 e. The lowest BCUT2D eigenvalue weighted by atomic mass is 9.92. The Morgan fingerprint density at radius 2 is 1.90 bits per heavy atom. The monoisotopic (exact) mass is 349 g/mol. The fourth-order valence-corrected chi connectivity index (χ4v) is 2.64. The van der Waals surface area contributed by atoms with Gasteiger partial charge >= 0.3 is 0 Å². The van der Waals surface area contributed by atoms with E-state index in [1.807, 2.05) is 27.7 Å². The second-order valence-corrected chi connectivity index (χ2v) is 5.81.